The first-order valence-electron chi connectivity index (χ1n) is 7.84. The van der Waals surface area contributed by atoms with Gasteiger partial charge in [0.1, 0.15) is 0 Å². The van der Waals surface area contributed by atoms with Crippen molar-refractivity contribution in [3.05, 3.63) is 23.3 Å². The van der Waals surface area contributed by atoms with Gasteiger partial charge in [0.05, 0.1) is 13.2 Å². The van der Waals surface area contributed by atoms with Gasteiger partial charge in [0, 0.05) is 12.0 Å². The van der Waals surface area contributed by atoms with Crippen LogP contribution in [0.25, 0.3) is 0 Å². The van der Waals surface area contributed by atoms with Crippen molar-refractivity contribution < 1.29 is 19.7 Å². The van der Waals surface area contributed by atoms with Gasteiger partial charge in [-0.25, -0.2) is 0 Å². The Hall–Kier alpha value is -1.55. The lowest BCUT2D eigenvalue weighted by Crippen LogP contribution is -2.54. The molecule has 1 aromatic rings. The molecule has 2 aliphatic rings. The molecule has 0 heterocycles. The predicted octanol–water partition coefficient (Wildman–Crippen LogP) is 3.04. The van der Waals surface area contributed by atoms with E-state index in [1.807, 2.05) is 13.8 Å². The summed E-state index contributed by atoms with van der Waals surface area (Å²) < 4.78 is 5.14. The molecule has 2 N–H and O–H groups in total. The minimum Gasteiger partial charge on any atom is -0.504 e. The Kier molecular flexibility index (Phi) is 3.29. The van der Waals surface area contributed by atoms with Gasteiger partial charge in [0.25, 0.3) is 0 Å². The molecule has 2 aliphatic carbocycles. The lowest BCUT2D eigenvalue weighted by atomic mass is 9.49. The van der Waals surface area contributed by atoms with E-state index >= 15 is 0 Å². The second-order valence-corrected chi connectivity index (χ2v) is 7.54. The Labute approximate surface area is 131 Å². The number of fused-ring (bicyclic) bond motifs is 3. The summed E-state index contributed by atoms with van der Waals surface area (Å²) in [4.78, 5) is 12.6. The lowest BCUT2D eigenvalue weighted by molar-refractivity contribution is -0.0687. The SMILES string of the molecule is COc1cc2c(cc1O)[C@@]1(C)CC[C@H](O)C(C)(C)[C@H]1CC2=O. The summed E-state index contributed by atoms with van der Waals surface area (Å²) in [5, 5.41) is 20.5. The highest BCUT2D eigenvalue weighted by molar-refractivity contribution is 6.00. The van der Waals surface area contributed by atoms with Crippen LogP contribution in [0.1, 0.15) is 56.0 Å². The molecular formula is C18H24O4. The zero-order valence-corrected chi connectivity index (χ0v) is 13.6. The van der Waals surface area contributed by atoms with Crippen LogP contribution < -0.4 is 4.74 Å². The van der Waals surface area contributed by atoms with E-state index in [0.29, 0.717) is 24.2 Å². The first kappa shape index (κ1) is 15.3. The molecule has 1 saturated carbocycles. The van der Waals surface area contributed by atoms with Gasteiger partial charge in [-0.05, 0) is 47.3 Å². The van der Waals surface area contributed by atoms with E-state index in [2.05, 4.69) is 6.92 Å². The summed E-state index contributed by atoms with van der Waals surface area (Å²) in [6, 6.07) is 3.35. The fraction of sp³-hybridized carbons (Fsp3) is 0.611. The molecule has 22 heavy (non-hydrogen) atoms. The summed E-state index contributed by atoms with van der Waals surface area (Å²) in [5.74, 6) is 0.540. The topological polar surface area (TPSA) is 66.8 Å². The number of hydrogen-bond donors (Lipinski definition) is 2. The van der Waals surface area contributed by atoms with Crippen molar-refractivity contribution in [1.29, 1.82) is 0 Å². The average molecular weight is 304 g/mol. The van der Waals surface area contributed by atoms with Crippen LogP contribution in [0.5, 0.6) is 11.5 Å². The van der Waals surface area contributed by atoms with Gasteiger partial charge >= 0.3 is 0 Å². The van der Waals surface area contributed by atoms with Crippen molar-refractivity contribution in [2.24, 2.45) is 11.3 Å². The number of methoxy groups -OCH3 is 1. The van der Waals surface area contributed by atoms with E-state index in [9.17, 15) is 15.0 Å². The molecular weight excluding hydrogens is 280 g/mol. The summed E-state index contributed by atoms with van der Waals surface area (Å²) in [6.45, 7) is 6.24. The molecule has 3 atom stereocenters. The minimum atomic E-state index is -0.397. The summed E-state index contributed by atoms with van der Waals surface area (Å²) in [6.07, 6.45) is 1.56. The van der Waals surface area contributed by atoms with E-state index in [1.54, 1.807) is 12.1 Å². The third-order valence-electron chi connectivity index (χ3n) is 6.09. The van der Waals surface area contributed by atoms with Crippen molar-refractivity contribution in [1.82, 2.24) is 0 Å². The Balaban J connectivity index is 2.20. The minimum absolute atomic E-state index is 0.0662. The van der Waals surface area contributed by atoms with Crippen LogP contribution in [0.3, 0.4) is 0 Å². The smallest absolute Gasteiger partial charge is 0.163 e. The van der Waals surface area contributed by atoms with Crippen molar-refractivity contribution in [3.8, 4) is 11.5 Å². The highest BCUT2D eigenvalue weighted by Crippen LogP contribution is 2.57. The number of aromatic hydroxyl groups is 1. The second kappa shape index (κ2) is 4.72. The van der Waals surface area contributed by atoms with Crippen molar-refractivity contribution in [2.75, 3.05) is 7.11 Å². The molecule has 4 nitrogen and oxygen atoms in total. The van der Waals surface area contributed by atoms with Crippen LogP contribution in [0.4, 0.5) is 0 Å². The number of carbonyl (C=O) groups excluding carboxylic acids is 1. The first-order valence-corrected chi connectivity index (χ1v) is 7.84. The van der Waals surface area contributed by atoms with E-state index in [4.69, 9.17) is 4.74 Å². The highest BCUT2D eigenvalue weighted by atomic mass is 16.5. The van der Waals surface area contributed by atoms with Crippen LogP contribution in [0, 0.1) is 11.3 Å². The second-order valence-electron chi connectivity index (χ2n) is 7.54. The third kappa shape index (κ3) is 1.89. The molecule has 1 fully saturated rings. The van der Waals surface area contributed by atoms with Gasteiger partial charge in [-0.3, -0.25) is 4.79 Å². The Morgan fingerprint density at radius 2 is 1.95 bits per heavy atom. The monoisotopic (exact) mass is 304 g/mol. The zero-order valence-electron chi connectivity index (χ0n) is 13.6. The molecule has 1 aromatic carbocycles. The molecule has 0 aliphatic heterocycles. The number of ether oxygens (including phenoxy) is 1. The standard InChI is InChI=1S/C18H24O4/c1-17(2)15-9-12(19)10-7-14(22-4)13(20)8-11(10)18(15,3)6-5-16(17)21/h7-8,15-16,20-21H,5-6,9H2,1-4H3/t15-,16+,18-/m1/s1. The number of aliphatic hydroxyl groups excluding tert-OH is 1. The maximum atomic E-state index is 12.6. The van der Waals surface area contributed by atoms with E-state index in [0.717, 1.165) is 12.0 Å². The largest absolute Gasteiger partial charge is 0.504 e. The molecule has 120 valence electrons. The normalized spacial score (nSPS) is 33.0. The number of carbonyl (C=O) groups is 1. The number of Topliss-reactive ketones (excluding diaryl/α,β-unsaturated/α-hetero) is 1. The fourth-order valence-electron chi connectivity index (χ4n) is 4.58. The van der Waals surface area contributed by atoms with E-state index in [-0.39, 0.29) is 28.3 Å². The predicted molar refractivity (Wildman–Crippen MR) is 83.5 cm³/mol. The number of rotatable bonds is 1. The lowest BCUT2D eigenvalue weighted by Gasteiger charge is -2.55. The van der Waals surface area contributed by atoms with Crippen LogP contribution in [-0.2, 0) is 5.41 Å². The summed E-state index contributed by atoms with van der Waals surface area (Å²) >= 11 is 0. The number of phenolic OH excluding ortho intramolecular Hbond substituents is 1. The molecule has 4 heteroatoms. The highest BCUT2D eigenvalue weighted by Gasteiger charge is 2.55. The number of hydrogen-bond acceptors (Lipinski definition) is 4. The van der Waals surface area contributed by atoms with Gasteiger partial charge in [-0.1, -0.05) is 20.8 Å². The van der Waals surface area contributed by atoms with Crippen LogP contribution >= 0.6 is 0 Å². The van der Waals surface area contributed by atoms with Gasteiger partial charge in [0.15, 0.2) is 17.3 Å². The molecule has 0 bridgehead atoms. The molecule has 0 spiro atoms. The molecule has 0 radical (unpaired) electrons. The van der Waals surface area contributed by atoms with Crippen LogP contribution in [0.15, 0.2) is 12.1 Å². The first-order chi connectivity index (χ1) is 10.2. The van der Waals surface area contributed by atoms with Gasteiger partial charge in [-0.2, -0.15) is 0 Å². The van der Waals surface area contributed by atoms with Gasteiger partial charge < -0.3 is 14.9 Å². The molecule has 0 amide bonds. The summed E-state index contributed by atoms with van der Waals surface area (Å²) in [7, 11) is 1.49. The zero-order chi connectivity index (χ0) is 16.3. The molecule has 0 aromatic heterocycles. The number of aliphatic hydroxyl groups is 1. The Morgan fingerprint density at radius 3 is 2.59 bits per heavy atom. The van der Waals surface area contributed by atoms with Gasteiger partial charge in [0.2, 0.25) is 0 Å². The molecule has 0 saturated heterocycles. The van der Waals surface area contributed by atoms with Crippen LogP contribution in [-0.4, -0.2) is 29.2 Å². The van der Waals surface area contributed by atoms with E-state index in [1.165, 1.54) is 7.11 Å². The molecule has 0 unspecified atom stereocenters. The van der Waals surface area contributed by atoms with E-state index < -0.39 is 6.10 Å². The fourth-order valence-corrected chi connectivity index (χ4v) is 4.58. The number of ketones is 1. The van der Waals surface area contributed by atoms with Crippen molar-refractivity contribution >= 4 is 5.78 Å². The Morgan fingerprint density at radius 1 is 1.27 bits per heavy atom. The van der Waals surface area contributed by atoms with Crippen molar-refractivity contribution in [3.63, 3.8) is 0 Å². The van der Waals surface area contributed by atoms with Gasteiger partial charge in [-0.15, -0.1) is 0 Å². The van der Waals surface area contributed by atoms with Crippen molar-refractivity contribution in [2.45, 2.75) is 51.6 Å². The quantitative estimate of drug-likeness (QED) is 0.837. The maximum Gasteiger partial charge on any atom is 0.163 e. The number of benzene rings is 1. The number of phenols is 1. The molecule has 3 rings (SSSR count). The summed E-state index contributed by atoms with van der Waals surface area (Å²) in [5.41, 5.74) is 1.01. The average Bonchev–Trinajstić information content (AvgIpc) is 2.46. The maximum absolute atomic E-state index is 12.6. The third-order valence-corrected chi connectivity index (χ3v) is 6.09. The Bertz CT molecular complexity index is 634. The van der Waals surface area contributed by atoms with Crippen LogP contribution in [0.2, 0.25) is 0 Å².